The molecule has 6 rings (SSSR count). The SMILES string of the molecule is C=Cc1ncc2c(-c3cc(C#N)c(N4CCN(C(=O)CCOC)C(C5CC5)C4)nc3C3CC3)cccc2n1. The van der Waals surface area contributed by atoms with Gasteiger partial charge in [-0.3, -0.25) is 4.79 Å². The van der Waals surface area contributed by atoms with Crippen LogP contribution in [0.3, 0.4) is 0 Å². The first-order valence-electron chi connectivity index (χ1n) is 13.5. The summed E-state index contributed by atoms with van der Waals surface area (Å²) >= 11 is 0. The fourth-order valence-electron chi connectivity index (χ4n) is 5.66. The van der Waals surface area contributed by atoms with Crippen LogP contribution in [-0.2, 0) is 9.53 Å². The first-order valence-corrected chi connectivity index (χ1v) is 13.5. The number of amides is 1. The smallest absolute Gasteiger partial charge is 0.225 e. The van der Waals surface area contributed by atoms with E-state index in [1.165, 1.54) is 0 Å². The Hall–Kier alpha value is -3.83. The number of hydrogen-bond acceptors (Lipinski definition) is 7. The lowest BCUT2D eigenvalue weighted by molar-refractivity contribution is -0.135. The minimum atomic E-state index is 0.153. The Morgan fingerprint density at radius 1 is 1.21 bits per heavy atom. The van der Waals surface area contributed by atoms with Gasteiger partial charge in [-0.05, 0) is 55.4 Å². The second-order valence-electron chi connectivity index (χ2n) is 10.5. The number of piperazine rings is 1. The van der Waals surface area contributed by atoms with E-state index >= 15 is 0 Å². The van der Waals surface area contributed by atoms with Gasteiger partial charge in [0.15, 0.2) is 5.82 Å². The Morgan fingerprint density at radius 3 is 2.76 bits per heavy atom. The molecule has 2 saturated carbocycles. The van der Waals surface area contributed by atoms with Gasteiger partial charge in [0.25, 0.3) is 0 Å². The van der Waals surface area contributed by atoms with Crippen LogP contribution in [0.15, 0.2) is 37.0 Å². The molecule has 1 aromatic carbocycles. The molecule has 1 aliphatic heterocycles. The van der Waals surface area contributed by atoms with E-state index in [1.54, 1.807) is 13.2 Å². The van der Waals surface area contributed by atoms with Gasteiger partial charge >= 0.3 is 0 Å². The Balaban J connectivity index is 1.37. The number of aromatic nitrogens is 3. The van der Waals surface area contributed by atoms with E-state index in [4.69, 9.17) is 9.72 Å². The maximum Gasteiger partial charge on any atom is 0.225 e. The molecule has 2 aliphatic carbocycles. The average Bonchev–Trinajstić information content (AvgIpc) is 3.88. The number of anilines is 1. The molecule has 3 heterocycles. The van der Waals surface area contributed by atoms with E-state index in [9.17, 15) is 10.1 Å². The second-order valence-corrected chi connectivity index (χ2v) is 10.5. The number of hydrogen-bond donors (Lipinski definition) is 0. The van der Waals surface area contributed by atoms with Crippen molar-refractivity contribution < 1.29 is 9.53 Å². The van der Waals surface area contributed by atoms with E-state index < -0.39 is 0 Å². The van der Waals surface area contributed by atoms with Crippen LogP contribution in [0.2, 0.25) is 0 Å². The highest BCUT2D eigenvalue weighted by Crippen LogP contribution is 2.46. The number of benzene rings is 1. The summed E-state index contributed by atoms with van der Waals surface area (Å²) in [5.41, 5.74) is 4.44. The number of nitriles is 1. The van der Waals surface area contributed by atoms with Gasteiger partial charge in [-0.1, -0.05) is 18.7 Å². The summed E-state index contributed by atoms with van der Waals surface area (Å²) in [4.78, 5) is 31.4. The number of pyridine rings is 1. The Morgan fingerprint density at radius 2 is 2.05 bits per heavy atom. The fourth-order valence-corrected chi connectivity index (χ4v) is 5.66. The average molecular weight is 509 g/mol. The van der Waals surface area contributed by atoms with E-state index in [0.29, 0.717) is 55.9 Å². The maximum absolute atomic E-state index is 12.9. The Kier molecular flexibility index (Phi) is 6.54. The van der Waals surface area contributed by atoms with Crippen molar-refractivity contribution >= 4 is 28.7 Å². The van der Waals surface area contributed by atoms with Gasteiger partial charge in [-0.25, -0.2) is 15.0 Å². The van der Waals surface area contributed by atoms with Crippen LogP contribution in [0.4, 0.5) is 5.82 Å². The van der Waals surface area contributed by atoms with Crippen LogP contribution in [0.5, 0.6) is 0 Å². The number of carbonyl (C=O) groups is 1. The van der Waals surface area contributed by atoms with Gasteiger partial charge in [0.2, 0.25) is 5.91 Å². The van der Waals surface area contributed by atoms with Crippen molar-refractivity contribution in [1.82, 2.24) is 19.9 Å². The summed E-state index contributed by atoms with van der Waals surface area (Å²) in [7, 11) is 1.63. The zero-order valence-corrected chi connectivity index (χ0v) is 21.8. The largest absolute Gasteiger partial charge is 0.384 e. The highest BCUT2D eigenvalue weighted by Gasteiger charge is 2.41. The van der Waals surface area contributed by atoms with Gasteiger partial charge in [0, 0.05) is 49.8 Å². The zero-order valence-electron chi connectivity index (χ0n) is 21.8. The summed E-state index contributed by atoms with van der Waals surface area (Å²) < 4.78 is 5.15. The van der Waals surface area contributed by atoms with Crippen molar-refractivity contribution in [2.24, 2.45) is 5.92 Å². The van der Waals surface area contributed by atoms with Crippen molar-refractivity contribution in [2.45, 2.75) is 44.1 Å². The van der Waals surface area contributed by atoms with Crippen LogP contribution in [-0.4, -0.2) is 65.2 Å². The molecule has 3 fully saturated rings. The van der Waals surface area contributed by atoms with Crippen molar-refractivity contribution in [3.05, 3.63) is 54.1 Å². The highest BCUT2D eigenvalue weighted by molar-refractivity contribution is 5.95. The molecule has 8 heteroatoms. The van der Waals surface area contributed by atoms with Gasteiger partial charge in [0.1, 0.15) is 11.9 Å². The third-order valence-electron chi connectivity index (χ3n) is 7.96. The first-order chi connectivity index (χ1) is 18.6. The molecule has 0 bridgehead atoms. The van der Waals surface area contributed by atoms with Crippen LogP contribution >= 0.6 is 0 Å². The quantitative estimate of drug-likeness (QED) is 0.441. The molecule has 0 radical (unpaired) electrons. The molecule has 2 aromatic heterocycles. The van der Waals surface area contributed by atoms with Crippen LogP contribution in [0.1, 0.15) is 55.1 Å². The van der Waals surface area contributed by atoms with E-state index in [2.05, 4.69) is 33.6 Å². The molecule has 194 valence electrons. The summed E-state index contributed by atoms with van der Waals surface area (Å²) in [5.74, 6) is 2.40. The van der Waals surface area contributed by atoms with Crippen molar-refractivity contribution in [3.63, 3.8) is 0 Å². The minimum absolute atomic E-state index is 0.153. The van der Waals surface area contributed by atoms with Crippen LogP contribution in [0.25, 0.3) is 28.1 Å². The summed E-state index contributed by atoms with van der Waals surface area (Å²) in [6.07, 6.45) is 8.38. The molecule has 1 saturated heterocycles. The van der Waals surface area contributed by atoms with Crippen LogP contribution < -0.4 is 4.90 Å². The van der Waals surface area contributed by atoms with E-state index in [-0.39, 0.29) is 11.9 Å². The fraction of sp³-hybridized carbons (Fsp3) is 0.433. The highest BCUT2D eigenvalue weighted by atomic mass is 16.5. The third kappa shape index (κ3) is 4.63. The molecule has 8 nitrogen and oxygen atoms in total. The topological polar surface area (TPSA) is 95.2 Å². The number of methoxy groups -OCH3 is 1. The normalized spacial score (nSPS) is 19.4. The summed E-state index contributed by atoms with van der Waals surface area (Å²) in [6, 6.07) is 10.6. The number of ether oxygens (including phenoxy) is 1. The molecule has 1 amide bonds. The second kappa shape index (κ2) is 10.1. The molecule has 1 unspecified atom stereocenters. The minimum Gasteiger partial charge on any atom is -0.384 e. The van der Waals surface area contributed by atoms with Gasteiger partial charge in [0.05, 0.1) is 35.8 Å². The van der Waals surface area contributed by atoms with Crippen molar-refractivity contribution in [3.8, 4) is 17.2 Å². The monoisotopic (exact) mass is 508 g/mol. The lowest BCUT2D eigenvalue weighted by Gasteiger charge is -2.42. The Labute approximate surface area is 223 Å². The first kappa shape index (κ1) is 24.5. The standard InChI is InChI=1S/C30H32N6O2/c1-3-27-32-17-24-22(5-4-6-25(24)33-27)23-15-21(16-31)30(34-29(23)20-9-10-20)35-12-13-36(28(37)11-14-38-2)26(18-35)19-7-8-19/h3-6,15,17,19-20,26H,1,7-14,18H2,2H3. The lowest BCUT2D eigenvalue weighted by Crippen LogP contribution is -2.56. The van der Waals surface area contributed by atoms with Gasteiger partial charge in [-0.2, -0.15) is 5.26 Å². The molecule has 0 N–H and O–H groups in total. The van der Waals surface area contributed by atoms with Crippen molar-refractivity contribution in [2.75, 3.05) is 38.3 Å². The molecular weight excluding hydrogens is 476 g/mol. The molecular formula is C30H32N6O2. The molecule has 3 aliphatic rings. The number of fused-ring (bicyclic) bond motifs is 1. The van der Waals surface area contributed by atoms with Gasteiger partial charge < -0.3 is 14.5 Å². The molecule has 38 heavy (non-hydrogen) atoms. The maximum atomic E-state index is 12.9. The summed E-state index contributed by atoms with van der Waals surface area (Å²) in [5, 5.41) is 11.2. The molecule has 0 spiro atoms. The predicted octanol–water partition coefficient (Wildman–Crippen LogP) is 4.55. The van der Waals surface area contributed by atoms with Crippen LogP contribution in [0, 0.1) is 17.2 Å². The predicted molar refractivity (Wildman–Crippen MR) is 146 cm³/mol. The zero-order chi connectivity index (χ0) is 26.2. The van der Waals surface area contributed by atoms with E-state index in [1.807, 2.05) is 29.3 Å². The third-order valence-corrected chi connectivity index (χ3v) is 7.96. The molecule has 1 atom stereocenters. The number of rotatable bonds is 8. The molecule has 3 aromatic rings. The summed E-state index contributed by atoms with van der Waals surface area (Å²) in [6.45, 7) is 6.24. The number of nitrogens with zero attached hydrogens (tertiary/aromatic N) is 6. The van der Waals surface area contributed by atoms with E-state index in [0.717, 1.165) is 59.2 Å². The lowest BCUT2D eigenvalue weighted by atomic mass is 9.96. The number of carbonyl (C=O) groups excluding carboxylic acids is 1. The van der Waals surface area contributed by atoms with Crippen molar-refractivity contribution in [1.29, 1.82) is 5.26 Å². The van der Waals surface area contributed by atoms with Gasteiger partial charge in [-0.15, -0.1) is 0 Å². The Bertz CT molecular complexity index is 1440.